The van der Waals surface area contributed by atoms with Crippen LogP contribution in [0, 0.1) is 5.41 Å². The Labute approximate surface area is 363 Å². The van der Waals surface area contributed by atoms with Gasteiger partial charge in [0, 0.05) is 39.3 Å². The van der Waals surface area contributed by atoms with E-state index in [1.54, 1.807) is 19.2 Å². The highest BCUT2D eigenvalue weighted by Gasteiger charge is 2.77. The van der Waals surface area contributed by atoms with Crippen molar-refractivity contribution in [3.05, 3.63) is 113 Å². The quantitative estimate of drug-likeness (QED) is 0.115. The van der Waals surface area contributed by atoms with Gasteiger partial charge in [-0.25, -0.2) is 0 Å². The van der Waals surface area contributed by atoms with E-state index in [0.717, 1.165) is 27.8 Å². The molecule has 17 nitrogen and oxygen atoms in total. The van der Waals surface area contributed by atoms with Gasteiger partial charge in [0.2, 0.25) is 11.8 Å². The maximum Gasteiger partial charge on any atom is 0.327 e. The van der Waals surface area contributed by atoms with Crippen molar-refractivity contribution in [3.63, 3.8) is 0 Å². The van der Waals surface area contributed by atoms with E-state index >= 15 is 4.79 Å². The number of amides is 2. The average molecular weight is 872 g/mol. The van der Waals surface area contributed by atoms with Crippen molar-refractivity contribution < 1.29 is 68.4 Å². The van der Waals surface area contributed by atoms with Crippen LogP contribution in [0.5, 0.6) is 0 Å². The summed E-state index contributed by atoms with van der Waals surface area (Å²) in [5.41, 5.74) is 3.00. The summed E-state index contributed by atoms with van der Waals surface area (Å²) in [6, 6.07) is 22.5. The Bertz CT molecular complexity index is 2150. The molecule has 9 rings (SSSR count). The fourth-order valence-corrected chi connectivity index (χ4v) is 10.2. The van der Waals surface area contributed by atoms with Gasteiger partial charge in [-0.1, -0.05) is 91.0 Å². The summed E-state index contributed by atoms with van der Waals surface area (Å²) >= 11 is 0. The molecule has 336 valence electrons. The fourth-order valence-electron chi connectivity index (χ4n) is 10.2. The lowest BCUT2D eigenvalue weighted by atomic mass is 9.62. The summed E-state index contributed by atoms with van der Waals surface area (Å²) in [6.07, 6.45) is -5.57. The van der Waals surface area contributed by atoms with Gasteiger partial charge in [0.15, 0.2) is 18.1 Å². The van der Waals surface area contributed by atoms with E-state index in [4.69, 9.17) is 28.5 Å². The summed E-state index contributed by atoms with van der Waals surface area (Å²) in [6.45, 7) is -0.776. The van der Waals surface area contributed by atoms with E-state index in [0.29, 0.717) is 12.8 Å². The molecule has 6 aliphatic rings. The highest BCUT2D eigenvalue weighted by Crippen LogP contribution is 2.59. The van der Waals surface area contributed by atoms with E-state index in [-0.39, 0.29) is 39.1 Å². The van der Waals surface area contributed by atoms with Crippen molar-refractivity contribution in [1.82, 2.24) is 15.3 Å². The van der Waals surface area contributed by atoms with Crippen LogP contribution in [0.4, 0.5) is 0 Å². The lowest BCUT2D eigenvalue weighted by molar-refractivity contribution is -0.298. The molecular weight excluding hydrogens is 819 g/mol. The van der Waals surface area contributed by atoms with E-state index in [1.807, 2.05) is 78.9 Å². The zero-order valence-corrected chi connectivity index (χ0v) is 34.7. The van der Waals surface area contributed by atoms with Gasteiger partial charge in [-0.2, -0.15) is 5.06 Å². The highest BCUT2D eigenvalue weighted by molar-refractivity contribution is 5.96. The van der Waals surface area contributed by atoms with E-state index < -0.39 is 103 Å². The molecule has 2 bridgehead atoms. The Morgan fingerprint density at radius 2 is 1.62 bits per heavy atom. The van der Waals surface area contributed by atoms with Crippen molar-refractivity contribution in [3.8, 4) is 0 Å². The van der Waals surface area contributed by atoms with Crippen molar-refractivity contribution in [2.45, 2.75) is 105 Å². The molecule has 4 aliphatic heterocycles. The van der Waals surface area contributed by atoms with Gasteiger partial charge in [-0.3, -0.25) is 19.2 Å². The summed E-state index contributed by atoms with van der Waals surface area (Å²) in [4.78, 5) is 51.9. The van der Waals surface area contributed by atoms with Crippen LogP contribution in [0.2, 0.25) is 0 Å². The van der Waals surface area contributed by atoms with E-state index in [2.05, 4.69) is 5.32 Å². The minimum Gasteiger partial charge on any atom is -0.458 e. The first kappa shape index (κ1) is 43.6. The number of rotatable bonds is 14. The number of hydrogen-bond acceptors (Lipinski definition) is 15. The van der Waals surface area contributed by atoms with Gasteiger partial charge in [-0.05, 0) is 27.8 Å². The van der Waals surface area contributed by atoms with Crippen LogP contribution in [-0.2, 0) is 68.7 Å². The zero-order chi connectivity index (χ0) is 44.0. The number of hydroxylamine groups is 2. The molecule has 4 heterocycles. The molecule has 2 amide bonds. The second kappa shape index (κ2) is 17.7. The summed E-state index contributed by atoms with van der Waals surface area (Å²) in [5.74, 6) is -2.61. The number of carbonyl (C=O) groups excluding carboxylic acids is 3. The molecule has 0 radical (unpaired) electrons. The Morgan fingerprint density at radius 3 is 2.32 bits per heavy atom. The van der Waals surface area contributed by atoms with Crippen molar-refractivity contribution >= 4 is 23.9 Å². The standard InChI is InChI=1S/C46H53N3O14/c1-48(31(41(55)47-17-18-50)20-27-8-3-2-4-9-27)44(57)46-23-32-37-38(62-45(61-37)21-29-11-5-6-12-30(29)22-45)40(46)63-49(39(46)42(56)59-32)24-28-15-13-26(14-16-28)10-7-19-58-43-36(54)35(53)34(52)33(25-51)60-43/h2-16,31-40,43,50-54H,17-25H2,1H3,(H,47,55)/t31-,32-,33-,34+,35+,36-,37+,38+,39+,40-,43+,46+/m1/s1. The largest absolute Gasteiger partial charge is 0.458 e. The van der Waals surface area contributed by atoms with Crippen molar-refractivity contribution in [1.29, 1.82) is 0 Å². The number of aliphatic hydroxyl groups excluding tert-OH is 5. The van der Waals surface area contributed by atoms with Gasteiger partial charge in [0.1, 0.15) is 60.3 Å². The molecule has 4 saturated heterocycles. The van der Waals surface area contributed by atoms with Crippen molar-refractivity contribution in [2.75, 3.05) is 33.4 Å². The normalized spacial score (nSPS) is 33.2. The number of fused-ring (bicyclic) bond motifs is 5. The smallest absolute Gasteiger partial charge is 0.327 e. The van der Waals surface area contributed by atoms with Gasteiger partial charge in [-0.15, -0.1) is 0 Å². The molecule has 12 atom stereocenters. The lowest BCUT2D eigenvalue weighted by Crippen LogP contribution is -2.70. The van der Waals surface area contributed by atoms with Crippen LogP contribution in [-0.4, -0.2) is 160 Å². The van der Waals surface area contributed by atoms with Gasteiger partial charge in [0.05, 0.1) is 26.4 Å². The van der Waals surface area contributed by atoms with Crippen LogP contribution in [0.25, 0.3) is 6.08 Å². The molecule has 1 spiro atoms. The van der Waals surface area contributed by atoms with E-state index in [9.17, 15) is 35.1 Å². The third-order valence-electron chi connectivity index (χ3n) is 13.3. The second-order valence-corrected chi connectivity index (χ2v) is 17.2. The Hall–Kier alpha value is -4.63. The molecule has 0 unspecified atom stereocenters. The number of nitrogens with zero attached hydrogens (tertiary/aromatic N) is 2. The van der Waals surface area contributed by atoms with E-state index in [1.165, 1.54) is 9.96 Å². The van der Waals surface area contributed by atoms with Crippen LogP contribution >= 0.6 is 0 Å². The molecule has 3 aromatic rings. The number of likely N-dealkylation sites (N-methyl/N-ethyl adjacent to an activating group) is 1. The number of aliphatic hydroxyl groups is 5. The average Bonchev–Trinajstić information content (AvgIpc) is 3.97. The zero-order valence-electron chi connectivity index (χ0n) is 34.7. The molecule has 2 aliphatic carbocycles. The fraction of sp³-hybridized carbons (Fsp3) is 0.500. The number of hydrogen-bond donors (Lipinski definition) is 6. The summed E-state index contributed by atoms with van der Waals surface area (Å²) in [7, 11) is 1.57. The highest BCUT2D eigenvalue weighted by atomic mass is 16.8. The number of carbonyl (C=O) groups is 3. The first-order valence-electron chi connectivity index (χ1n) is 21.4. The van der Waals surface area contributed by atoms with Crippen LogP contribution < -0.4 is 5.32 Å². The second-order valence-electron chi connectivity index (χ2n) is 17.2. The molecule has 0 aromatic heterocycles. The van der Waals surface area contributed by atoms with Crippen LogP contribution in [0.15, 0.2) is 84.9 Å². The molecule has 3 aromatic carbocycles. The predicted octanol–water partition coefficient (Wildman–Crippen LogP) is -0.226. The predicted molar refractivity (Wildman–Crippen MR) is 219 cm³/mol. The number of esters is 1. The van der Waals surface area contributed by atoms with Gasteiger partial charge < -0.3 is 59.4 Å². The Kier molecular flexibility index (Phi) is 12.3. The third-order valence-corrected chi connectivity index (χ3v) is 13.3. The molecule has 5 fully saturated rings. The maximum atomic E-state index is 15.5. The number of ether oxygens (including phenoxy) is 5. The molecular formula is C46H53N3O14. The molecule has 1 saturated carbocycles. The Balaban J connectivity index is 0.975. The van der Waals surface area contributed by atoms with Gasteiger partial charge in [0.25, 0.3) is 0 Å². The third kappa shape index (κ3) is 7.99. The number of benzene rings is 3. The van der Waals surface area contributed by atoms with Crippen LogP contribution in [0.3, 0.4) is 0 Å². The van der Waals surface area contributed by atoms with Gasteiger partial charge >= 0.3 is 5.97 Å². The minimum atomic E-state index is -1.55. The first-order chi connectivity index (χ1) is 30.4. The molecule has 6 N–H and O–H groups in total. The minimum absolute atomic E-state index is 0.00224. The number of nitrogens with one attached hydrogen (secondary N) is 1. The monoisotopic (exact) mass is 871 g/mol. The topological polar surface area (TPSA) is 226 Å². The van der Waals surface area contributed by atoms with Crippen molar-refractivity contribution in [2.24, 2.45) is 5.41 Å². The molecule has 63 heavy (non-hydrogen) atoms. The lowest BCUT2D eigenvalue weighted by Gasteiger charge is -2.50. The molecule has 17 heteroatoms. The first-order valence-corrected chi connectivity index (χ1v) is 21.4. The maximum absolute atomic E-state index is 15.5. The summed E-state index contributed by atoms with van der Waals surface area (Å²) in [5, 5.41) is 53.6. The Morgan fingerprint density at radius 1 is 0.921 bits per heavy atom. The SMILES string of the molecule is CN(C(=O)[C@@]12C[C@H]3OC(=O)[C@@H]1N(Cc1ccc(C=CCO[C@H]4O[C@H](CO)[C@H](O)[C@H](O)[C@H]4O)cc1)O[C@@H]2[C@H]1OC2(Cc4ccccc4C2)O[C@H]13)[C@H](Cc1ccccc1)C(=O)NCCO. The van der Waals surface area contributed by atoms with Crippen LogP contribution in [0.1, 0.15) is 34.2 Å². The summed E-state index contributed by atoms with van der Waals surface area (Å²) < 4.78 is 30.8.